The molecule has 112 valence electrons. The van der Waals surface area contributed by atoms with Crippen molar-refractivity contribution >= 4 is 53.8 Å². The quantitative estimate of drug-likeness (QED) is 0.400. The van der Waals surface area contributed by atoms with Gasteiger partial charge in [0.2, 0.25) is 0 Å². The van der Waals surface area contributed by atoms with Crippen molar-refractivity contribution in [2.75, 3.05) is 10.1 Å². The lowest BCUT2D eigenvalue weighted by Crippen LogP contribution is -2.16. The van der Waals surface area contributed by atoms with Gasteiger partial charge in [0.15, 0.2) is 10.0 Å². The number of hydrogen-bond donors (Lipinski definition) is 3. The molecule has 0 radical (unpaired) electrons. The molecule has 0 fully saturated rings. The second kappa shape index (κ2) is 5.93. The van der Waals surface area contributed by atoms with E-state index >= 15 is 0 Å². The zero-order chi connectivity index (χ0) is 15.6. The third-order valence-electron chi connectivity index (χ3n) is 2.31. The Morgan fingerprint density at radius 1 is 1.43 bits per heavy atom. The Labute approximate surface area is 131 Å². The maximum absolute atomic E-state index is 12.3. The van der Waals surface area contributed by atoms with Crippen molar-refractivity contribution in [3.63, 3.8) is 0 Å². The Morgan fingerprint density at radius 2 is 2.14 bits per heavy atom. The molecule has 2 aromatic rings. The summed E-state index contributed by atoms with van der Waals surface area (Å²) in [5, 5.41) is 11.1. The Hall–Kier alpha value is -1.76. The van der Waals surface area contributed by atoms with Gasteiger partial charge in [0, 0.05) is 6.07 Å². The van der Waals surface area contributed by atoms with Crippen LogP contribution >= 0.6 is 27.3 Å². The molecule has 2 rings (SSSR count). The van der Waals surface area contributed by atoms with Crippen LogP contribution in [0, 0.1) is 10.1 Å². The SMILES string of the molecule is NNc1ccc([N+](=O)[O-])c(S(=O)(=O)Nc2ncc(Br)s2)c1. The first kappa shape index (κ1) is 15.6. The van der Waals surface area contributed by atoms with Crippen LogP contribution in [0.5, 0.6) is 0 Å². The van der Waals surface area contributed by atoms with Crippen molar-refractivity contribution in [1.29, 1.82) is 0 Å². The number of nitro benzene ring substituents is 1. The van der Waals surface area contributed by atoms with E-state index in [2.05, 4.69) is 31.1 Å². The zero-order valence-corrected chi connectivity index (χ0v) is 13.3. The number of anilines is 2. The molecule has 1 aromatic carbocycles. The zero-order valence-electron chi connectivity index (χ0n) is 10.1. The van der Waals surface area contributed by atoms with E-state index in [4.69, 9.17) is 5.84 Å². The average molecular weight is 394 g/mol. The number of rotatable bonds is 5. The topological polar surface area (TPSA) is 140 Å². The highest BCUT2D eigenvalue weighted by Gasteiger charge is 2.27. The molecule has 0 aliphatic rings. The summed E-state index contributed by atoms with van der Waals surface area (Å²) in [5.41, 5.74) is 1.90. The fourth-order valence-electron chi connectivity index (χ4n) is 1.44. The molecule has 0 aliphatic heterocycles. The van der Waals surface area contributed by atoms with Gasteiger partial charge >= 0.3 is 0 Å². The molecule has 0 aliphatic carbocycles. The van der Waals surface area contributed by atoms with E-state index < -0.39 is 25.5 Å². The molecule has 0 bridgehead atoms. The van der Waals surface area contributed by atoms with Crippen molar-refractivity contribution in [1.82, 2.24) is 4.98 Å². The molecule has 0 amide bonds. The Kier molecular flexibility index (Phi) is 4.41. The first-order chi connectivity index (χ1) is 9.83. The van der Waals surface area contributed by atoms with Crippen LogP contribution in [0.4, 0.5) is 16.5 Å². The van der Waals surface area contributed by atoms with Gasteiger partial charge in [-0.3, -0.25) is 20.7 Å². The predicted octanol–water partition coefficient (Wildman–Crippen LogP) is 1.90. The van der Waals surface area contributed by atoms with E-state index in [0.29, 0.717) is 3.79 Å². The van der Waals surface area contributed by atoms with Gasteiger partial charge in [-0.05, 0) is 28.1 Å². The van der Waals surface area contributed by atoms with Crippen molar-refractivity contribution in [3.05, 3.63) is 38.3 Å². The highest BCUT2D eigenvalue weighted by molar-refractivity contribution is 9.11. The summed E-state index contributed by atoms with van der Waals surface area (Å²) in [6.45, 7) is 0. The molecule has 1 heterocycles. The fraction of sp³-hybridized carbons (Fsp3) is 0. The smallest absolute Gasteiger partial charge is 0.290 e. The number of hydrazine groups is 1. The number of nitrogens with two attached hydrogens (primary N) is 1. The number of halogens is 1. The van der Waals surface area contributed by atoms with Gasteiger partial charge in [-0.25, -0.2) is 13.4 Å². The van der Waals surface area contributed by atoms with E-state index in [1.54, 1.807) is 0 Å². The summed E-state index contributed by atoms with van der Waals surface area (Å²) in [6.07, 6.45) is 1.41. The number of sulfonamides is 1. The van der Waals surface area contributed by atoms with E-state index in [-0.39, 0.29) is 10.8 Å². The molecule has 4 N–H and O–H groups in total. The number of hydrogen-bond acceptors (Lipinski definition) is 8. The number of benzene rings is 1. The molecule has 1 aromatic heterocycles. The minimum atomic E-state index is -4.17. The largest absolute Gasteiger partial charge is 0.324 e. The van der Waals surface area contributed by atoms with Gasteiger partial charge in [-0.2, -0.15) is 0 Å². The molecular formula is C9H8BrN5O4S2. The van der Waals surface area contributed by atoms with Gasteiger partial charge in [0.25, 0.3) is 15.7 Å². The predicted molar refractivity (Wildman–Crippen MR) is 81.5 cm³/mol. The van der Waals surface area contributed by atoms with Crippen LogP contribution in [0.25, 0.3) is 0 Å². The molecular weight excluding hydrogens is 386 g/mol. The van der Waals surface area contributed by atoms with E-state index in [9.17, 15) is 18.5 Å². The Morgan fingerprint density at radius 3 is 2.67 bits per heavy atom. The standard InChI is InChI=1S/C9H8BrN5O4S2/c10-8-4-12-9(20-8)14-21(18,19)7-3-5(13-11)1-2-6(7)15(16)17/h1-4,13H,11H2,(H,12,14). The van der Waals surface area contributed by atoms with E-state index in [1.165, 1.54) is 12.3 Å². The van der Waals surface area contributed by atoms with Crippen LogP contribution in [-0.2, 0) is 10.0 Å². The Bertz CT molecular complexity index is 791. The maximum Gasteiger partial charge on any atom is 0.290 e. The Balaban J connectivity index is 2.49. The lowest BCUT2D eigenvalue weighted by Gasteiger charge is -2.07. The minimum Gasteiger partial charge on any atom is -0.324 e. The lowest BCUT2D eigenvalue weighted by atomic mass is 10.3. The number of nitrogens with zero attached hydrogens (tertiary/aromatic N) is 2. The van der Waals surface area contributed by atoms with Crippen LogP contribution in [-0.4, -0.2) is 18.3 Å². The summed E-state index contributed by atoms with van der Waals surface area (Å²) >= 11 is 4.18. The van der Waals surface area contributed by atoms with Crippen LogP contribution in [0.15, 0.2) is 33.1 Å². The second-order valence-electron chi connectivity index (χ2n) is 3.66. The molecule has 12 heteroatoms. The number of nitro groups is 1. The van der Waals surface area contributed by atoms with Gasteiger partial charge in [-0.15, -0.1) is 0 Å². The first-order valence-corrected chi connectivity index (χ1v) is 8.32. The van der Waals surface area contributed by atoms with Crippen LogP contribution in [0.2, 0.25) is 0 Å². The third kappa shape index (κ3) is 3.47. The minimum absolute atomic E-state index is 0.0854. The molecule has 0 atom stereocenters. The lowest BCUT2D eigenvalue weighted by molar-refractivity contribution is -0.387. The molecule has 0 saturated heterocycles. The first-order valence-electron chi connectivity index (χ1n) is 5.22. The summed E-state index contributed by atoms with van der Waals surface area (Å²) in [7, 11) is -4.17. The van der Waals surface area contributed by atoms with Crippen molar-refractivity contribution in [2.45, 2.75) is 4.90 Å². The van der Waals surface area contributed by atoms with Gasteiger partial charge < -0.3 is 5.43 Å². The van der Waals surface area contributed by atoms with Crippen LogP contribution < -0.4 is 16.0 Å². The van der Waals surface area contributed by atoms with Crippen LogP contribution in [0.3, 0.4) is 0 Å². The van der Waals surface area contributed by atoms with E-state index in [1.807, 2.05) is 0 Å². The number of nitrogen functional groups attached to an aromatic ring is 1. The molecule has 0 spiro atoms. The normalized spacial score (nSPS) is 11.1. The summed E-state index contributed by atoms with van der Waals surface area (Å²) in [4.78, 5) is 13.5. The summed E-state index contributed by atoms with van der Waals surface area (Å²) in [5.74, 6) is 5.19. The fourth-order valence-corrected chi connectivity index (χ4v) is 3.99. The summed E-state index contributed by atoms with van der Waals surface area (Å²) in [6, 6.07) is 3.43. The molecule has 21 heavy (non-hydrogen) atoms. The highest BCUT2D eigenvalue weighted by Crippen LogP contribution is 2.30. The van der Waals surface area contributed by atoms with Gasteiger partial charge in [-0.1, -0.05) is 11.3 Å². The van der Waals surface area contributed by atoms with Crippen molar-refractivity contribution in [3.8, 4) is 0 Å². The molecule has 0 unspecified atom stereocenters. The number of thiazole rings is 1. The number of aromatic nitrogens is 1. The van der Waals surface area contributed by atoms with Crippen molar-refractivity contribution in [2.24, 2.45) is 5.84 Å². The molecule has 0 saturated carbocycles. The summed E-state index contributed by atoms with van der Waals surface area (Å²) < 4.78 is 27.3. The maximum atomic E-state index is 12.3. The van der Waals surface area contributed by atoms with E-state index in [0.717, 1.165) is 23.5 Å². The highest BCUT2D eigenvalue weighted by atomic mass is 79.9. The second-order valence-corrected chi connectivity index (χ2v) is 7.72. The monoisotopic (exact) mass is 393 g/mol. The van der Waals surface area contributed by atoms with Crippen LogP contribution in [0.1, 0.15) is 0 Å². The van der Waals surface area contributed by atoms with Gasteiger partial charge in [0.1, 0.15) is 0 Å². The van der Waals surface area contributed by atoms with Crippen molar-refractivity contribution < 1.29 is 13.3 Å². The van der Waals surface area contributed by atoms with Gasteiger partial charge in [0.05, 0.1) is 20.6 Å². The third-order valence-corrected chi connectivity index (χ3v) is 5.20. The number of nitrogens with one attached hydrogen (secondary N) is 2. The average Bonchev–Trinajstić information content (AvgIpc) is 2.82. The molecule has 9 nitrogen and oxygen atoms in total.